The molecule has 0 fully saturated rings. The minimum atomic E-state index is -4.57. The summed E-state index contributed by atoms with van der Waals surface area (Å²) in [5, 5.41) is 17.9. The van der Waals surface area contributed by atoms with Gasteiger partial charge in [-0.1, -0.05) is 54.6 Å². The van der Waals surface area contributed by atoms with Crippen molar-refractivity contribution in [2.24, 2.45) is 0 Å². The lowest BCUT2D eigenvalue weighted by Crippen LogP contribution is -2.34. The smallest absolute Gasteiger partial charge is 0.390 e. The number of benzene rings is 2. The summed E-state index contributed by atoms with van der Waals surface area (Å²) >= 11 is 0. The van der Waals surface area contributed by atoms with Gasteiger partial charge in [0.1, 0.15) is 0 Å². The number of aliphatic hydroxyl groups is 1. The first kappa shape index (κ1) is 21.2. The molecular weight excluding hydrogens is 417 g/mol. The van der Waals surface area contributed by atoms with Crippen LogP contribution in [0.3, 0.4) is 0 Å². The van der Waals surface area contributed by atoms with Crippen LogP contribution in [0.5, 0.6) is 0 Å². The van der Waals surface area contributed by atoms with Crippen molar-refractivity contribution in [3.8, 4) is 0 Å². The Balaban J connectivity index is 1.40. The molecule has 0 bridgehead atoms. The van der Waals surface area contributed by atoms with Gasteiger partial charge >= 0.3 is 6.18 Å². The molecule has 3 heterocycles. The average molecular weight is 442 g/mol. The van der Waals surface area contributed by atoms with Gasteiger partial charge in [0.05, 0.1) is 18.7 Å². The zero-order valence-electron chi connectivity index (χ0n) is 17.5. The van der Waals surface area contributed by atoms with E-state index in [2.05, 4.69) is 27.4 Å². The predicted molar refractivity (Wildman–Crippen MR) is 114 cm³/mol. The van der Waals surface area contributed by atoms with Crippen LogP contribution in [-0.2, 0) is 32.2 Å². The Labute approximate surface area is 184 Å². The zero-order chi connectivity index (χ0) is 22.3. The van der Waals surface area contributed by atoms with Crippen LogP contribution in [0.1, 0.15) is 39.7 Å². The highest BCUT2D eigenvalue weighted by Crippen LogP contribution is 2.39. The molecule has 0 saturated carbocycles. The Kier molecular flexibility index (Phi) is 5.53. The van der Waals surface area contributed by atoms with Crippen LogP contribution in [0, 0.1) is 0 Å². The number of halogens is 3. The van der Waals surface area contributed by atoms with Gasteiger partial charge in [-0.25, -0.2) is 0 Å². The molecule has 0 spiro atoms. The molecule has 2 aromatic carbocycles. The van der Waals surface area contributed by atoms with E-state index in [0.29, 0.717) is 25.2 Å². The van der Waals surface area contributed by atoms with Crippen molar-refractivity contribution in [2.45, 2.75) is 44.4 Å². The highest BCUT2D eigenvalue weighted by atomic mass is 19.4. The molecule has 3 aromatic rings. The molecule has 168 valence electrons. The van der Waals surface area contributed by atoms with Gasteiger partial charge in [0, 0.05) is 43.9 Å². The first-order valence-corrected chi connectivity index (χ1v) is 10.8. The lowest BCUT2D eigenvalue weighted by atomic mass is 9.92. The van der Waals surface area contributed by atoms with E-state index in [1.54, 1.807) is 0 Å². The third-order valence-corrected chi connectivity index (χ3v) is 6.26. The fourth-order valence-corrected chi connectivity index (χ4v) is 4.89. The molecule has 2 unspecified atom stereocenters. The quantitative estimate of drug-likeness (QED) is 0.635. The maximum absolute atomic E-state index is 13.9. The Bertz CT molecular complexity index is 1070. The molecule has 1 aromatic heterocycles. The van der Waals surface area contributed by atoms with E-state index in [-0.39, 0.29) is 12.1 Å². The fraction of sp³-hybridized carbons (Fsp3) is 0.375. The summed E-state index contributed by atoms with van der Waals surface area (Å²) in [5.74, 6) is 0. The minimum Gasteiger partial charge on any atom is -0.390 e. The van der Waals surface area contributed by atoms with Gasteiger partial charge in [-0.15, -0.1) is 0 Å². The molecule has 0 saturated heterocycles. The van der Waals surface area contributed by atoms with Crippen LogP contribution in [0.25, 0.3) is 0 Å². The van der Waals surface area contributed by atoms with Crippen molar-refractivity contribution >= 4 is 0 Å². The Morgan fingerprint density at radius 1 is 1.00 bits per heavy atom. The van der Waals surface area contributed by atoms with Crippen molar-refractivity contribution in [3.05, 3.63) is 88.2 Å². The van der Waals surface area contributed by atoms with E-state index in [0.717, 1.165) is 18.7 Å². The third kappa shape index (κ3) is 4.05. The second-order valence-electron chi connectivity index (χ2n) is 8.53. The van der Waals surface area contributed by atoms with Gasteiger partial charge < -0.3 is 10.4 Å². The fourth-order valence-electron chi connectivity index (χ4n) is 4.89. The van der Waals surface area contributed by atoms with E-state index in [1.165, 1.54) is 15.8 Å². The maximum Gasteiger partial charge on any atom is 0.435 e. The summed E-state index contributed by atoms with van der Waals surface area (Å²) in [6.45, 7) is 2.43. The maximum atomic E-state index is 13.9. The minimum absolute atomic E-state index is 0.0345. The van der Waals surface area contributed by atoms with Crippen molar-refractivity contribution in [2.75, 3.05) is 13.1 Å². The number of hydrogen-bond acceptors (Lipinski definition) is 4. The first-order valence-electron chi connectivity index (χ1n) is 10.8. The molecule has 8 heteroatoms. The number of fused-ring (bicyclic) bond motifs is 2. The van der Waals surface area contributed by atoms with Gasteiger partial charge in [-0.3, -0.25) is 9.58 Å². The summed E-state index contributed by atoms with van der Waals surface area (Å²) in [4.78, 5) is 2.12. The molecule has 0 radical (unpaired) electrons. The van der Waals surface area contributed by atoms with Crippen molar-refractivity contribution in [1.82, 2.24) is 20.0 Å². The summed E-state index contributed by atoms with van der Waals surface area (Å²) in [7, 11) is 0. The monoisotopic (exact) mass is 442 g/mol. The standard InChI is InChI=1S/C24H25F3N4O/c25-24(26,27)23-21-20(10-11-28-22(21)16-6-2-1-3-7-16)31(29-23)15-19(32)14-30-12-17-8-4-5-9-18(17)13-30/h1-9,19,22,28,32H,10-15H2. The van der Waals surface area contributed by atoms with Crippen molar-refractivity contribution in [3.63, 3.8) is 0 Å². The number of alkyl halides is 3. The summed E-state index contributed by atoms with van der Waals surface area (Å²) in [5.41, 5.74) is 3.09. The zero-order valence-corrected chi connectivity index (χ0v) is 17.5. The SMILES string of the molecule is OC(CN1Cc2ccccc2C1)Cn1nc(C(F)(F)F)c2c1CCNC2c1ccccc1. The van der Waals surface area contributed by atoms with Crippen LogP contribution >= 0.6 is 0 Å². The average Bonchev–Trinajstić information content (AvgIpc) is 3.35. The van der Waals surface area contributed by atoms with Crippen LogP contribution in [0.2, 0.25) is 0 Å². The Morgan fingerprint density at radius 2 is 1.66 bits per heavy atom. The number of aromatic nitrogens is 2. The number of nitrogens with one attached hydrogen (secondary N) is 1. The van der Waals surface area contributed by atoms with Gasteiger partial charge in [-0.2, -0.15) is 18.3 Å². The van der Waals surface area contributed by atoms with E-state index in [1.807, 2.05) is 42.5 Å². The molecule has 32 heavy (non-hydrogen) atoms. The lowest BCUT2D eigenvalue weighted by molar-refractivity contribution is -0.142. The molecule has 2 aliphatic heterocycles. The number of hydrogen-bond donors (Lipinski definition) is 2. The summed E-state index contributed by atoms with van der Waals surface area (Å²) in [6.07, 6.45) is -4.95. The van der Waals surface area contributed by atoms with Crippen molar-refractivity contribution in [1.29, 1.82) is 0 Å². The number of aliphatic hydroxyl groups excluding tert-OH is 1. The topological polar surface area (TPSA) is 53.3 Å². The molecule has 2 atom stereocenters. The summed E-state index contributed by atoms with van der Waals surface area (Å²) in [6, 6.07) is 16.7. The normalized spacial score (nSPS) is 19.6. The summed E-state index contributed by atoms with van der Waals surface area (Å²) < 4.78 is 43.1. The van der Waals surface area contributed by atoms with Crippen LogP contribution in [-0.4, -0.2) is 39.0 Å². The Morgan fingerprint density at radius 3 is 2.31 bits per heavy atom. The Hall–Kier alpha value is -2.68. The second kappa shape index (κ2) is 8.35. The van der Waals surface area contributed by atoms with Crippen LogP contribution < -0.4 is 5.32 Å². The lowest BCUT2D eigenvalue weighted by Gasteiger charge is -2.27. The van der Waals surface area contributed by atoms with Gasteiger partial charge in [-0.05, 0) is 16.7 Å². The number of nitrogens with zero attached hydrogens (tertiary/aromatic N) is 3. The molecule has 2 aliphatic rings. The number of β-amino-alcohol motifs (C(OH)–C–C–N with tert-alkyl or cyclic N) is 1. The molecule has 5 nitrogen and oxygen atoms in total. The molecule has 5 rings (SSSR count). The van der Waals surface area contributed by atoms with E-state index in [4.69, 9.17) is 0 Å². The first-order chi connectivity index (χ1) is 15.4. The van der Waals surface area contributed by atoms with Crippen LogP contribution in [0.4, 0.5) is 13.2 Å². The highest BCUT2D eigenvalue weighted by Gasteiger charge is 2.43. The molecule has 2 N–H and O–H groups in total. The van der Waals surface area contributed by atoms with Gasteiger partial charge in [0.2, 0.25) is 0 Å². The largest absolute Gasteiger partial charge is 0.435 e. The second-order valence-corrected chi connectivity index (χ2v) is 8.53. The molecular formula is C24H25F3N4O. The van der Waals surface area contributed by atoms with Crippen LogP contribution in [0.15, 0.2) is 54.6 Å². The van der Waals surface area contributed by atoms with E-state index < -0.39 is 24.0 Å². The molecule has 0 amide bonds. The number of rotatable bonds is 5. The highest BCUT2D eigenvalue weighted by molar-refractivity contribution is 5.41. The third-order valence-electron chi connectivity index (χ3n) is 6.26. The van der Waals surface area contributed by atoms with E-state index >= 15 is 0 Å². The van der Waals surface area contributed by atoms with Crippen molar-refractivity contribution < 1.29 is 18.3 Å². The molecule has 0 aliphatic carbocycles. The van der Waals surface area contributed by atoms with E-state index in [9.17, 15) is 18.3 Å². The van der Waals surface area contributed by atoms with Gasteiger partial charge in [0.25, 0.3) is 0 Å². The predicted octanol–water partition coefficient (Wildman–Crippen LogP) is 3.51. The van der Waals surface area contributed by atoms with Gasteiger partial charge in [0.15, 0.2) is 5.69 Å².